The summed E-state index contributed by atoms with van der Waals surface area (Å²) >= 11 is 10.4. The Hall–Kier alpha value is -0.0900. The summed E-state index contributed by atoms with van der Waals surface area (Å²) in [7, 11) is -1.25. The van der Waals surface area contributed by atoms with E-state index in [0.29, 0.717) is 17.6 Å². The molecule has 3 heterocycles. The first kappa shape index (κ1) is 23.6. The van der Waals surface area contributed by atoms with Gasteiger partial charge in [-0.2, -0.15) is 0 Å². The lowest BCUT2D eigenvalue weighted by molar-refractivity contribution is 0.433. The van der Waals surface area contributed by atoms with Crippen molar-refractivity contribution in [3.8, 4) is 10.8 Å². The van der Waals surface area contributed by atoms with Crippen LogP contribution >= 0.6 is 54.5 Å². The van der Waals surface area contributed by atoms with Gasteiger partial charge < -0.3 is 4.42 Å². The van der Waals surface area contributed by atoms with Crippen LogP contribution in [0.5, 0.6) is 0 Å². The van der Waals surface area contributed by atoms with Gasteiger partial charge in [0.05, 0.1) is 17.1 Å². The van der Waals surface area contributed by atoms with Gasteiger partial charge in [-0.05, 0) is 56.7 Å². The maximum absolute atomic E-state index is 12.9. The highest BCUT2D eigenvalue weighted by Gasteiger charge is 2.21. The summed E-state index contributed by atoms with van der Waals surface area (Å²) in [6, 6.07) is 2.04. The van der Waals surface area contributed by atoms with Crippen LogP contribution in [0.25, 0.3) is 20.9 Å². The Balaban J connectivity index is 1.66. The van der Waals surface area contributed by atoms with Gasteiger partial charge in [-0.15, -0.1) is 27.8 Å². The second kappa shape index (κ2) is 11.5. The van der Waals surface area contributed by atoms with E-state index in [1.54, 1.807) is 22.7 Å². The lowest BCUT2D eigenvalue weighted by atomic mass is 9.97. The molecule has 2 unspecified atom stereocenters. The Kier molecular flexibility index (Phi) is 9.35. The first-order valence-corrected chi connectivity index (χ1v) is 14.7. The molecule has 3 aromatic rings. The first-order valence-electron chi connectivity index (χ1n) is 10.1. The summed E-state index contributed by atoms with van der Waals surface area (Å²) in [5.74, 6) is 1.53. The normalized spacial score (nSPS) is 13.9. The van der Waals surface area contributed by atoms with Crippen molar-refractivity contribution in [1.29, 1.82) is 0 Å². The van der Waals surface area contributed by atoms with Crippen molar-refractivity contribution in [2.75, 3.05) is 5.75 Å². The molecule has 0 aliphatic rings. The fourth-order valence-corrected chi connectivity index (χ4v) is 8.91. The molecule has 0 N–H and O–H groups in total. The van der Waals surface area contributed by atoms with E-state index in [4.69, 9.17) is 4.42 Å². The number of aromatic nitrogens is 2. The minimum absolute atomic E-state index is 0.254. The Morgan fingerprint density at radius 1 is 1.03 bits per heavy atom. The average molecular weight is 582 g/mol. The van der Waals surface area contributed by atoms with Crippen molar-refractivity contribution >= 4 is 75.4 Å². The van der Waals surface area contributed by atoms with Gasteiger partial charge in [0.2, 0.25) is 0 Å². The van der Waals surface area contributed by atoms with E-state index in [1.165, 1.54) is 38.5 Å². The van der Waals surface area contributed by atoms with Crippen LogP contribution in [-0.4, -0.2) is 20.2 Å². The van der Waals surface area contributed by atoms with E-state index in [0.717, 1.165) is 35.4 Å². The molecule has 0 radical (unpaired) electrons. The van der Waals surface area contributed by atoms with Gasteiger partial charge in [-0.1, -0.05) is 57.5 Å². The summed E-state index contributed by atoms with van der Waals surface area (Å²) in [5.41, 5.74) is 0. The Bertz CT molecular complexity index is 916. The highest BCUT2D eigenvalue weighted by atomic mass is 79.9. The van der Waals surface area contributed by atoms with E-state index in [-0.39, 0.29) is 5.22 Å². The third-order valence-corrected chi connectivity index (χ3v) is 10.4. The summed E-state index contributed by atoms with van der Waals surface area (Å²) in [6.07, 6.45) is 9.60. The van der Waals surface area contributed by atoms with Gasteiger partial charge >= 0.3 is 5.22 Å². The zero-order valence-electron chi connectivity index (χ0n) is 16.7. The number of hydrogen-bond acceptors (Lipinski definition) is 6. The molecule has 3 rings (SSSR count). The first-order chi connectivity index (χ1) is 14.0. The van der Waals surface area contributed by atoms with E-state index >= 15 is 0 Å². The third-order valence-electron chi connectivity index (χ3n) is 4.93. The van der Waals surface area contributed by atoms with Crippen LogP contribution in [0.3, 0.4) is 0 Å². The zero-order valence-corrected chi connectivity index (χ0v) is 22.3. The average Bonchev–Trinajstić information content (AvgIpc) is 3.40. The molecule has 3 aromatic heterocycles. The highest BCUT2D eigenvalue weighted by Crippen LogP contribution is 2.46. The zero-order chi connectivity index (χ0) is 20.8. The SMILES string of the molecule is CCCCCCC(CCCC)CS(=O)c1nnc(-c2cc3c(Br)sc(Br)c3s2)o1. The van der Waals surface area contributed by atoms with Crippen LogP contribution in [0.4, 0.5) is 0 Å². The number of rotatable bonds is 12. The second-order valence-corrected chi connectivity index (χ2v) is 13.3. The molecule has 0 amide bonds. The van der Waals surface area contributed by atoms with Crippen LogP contribution < -0.4 is 0 Å². The van der Waals surface area contributed by atoms with E-state index in [9.17, 15) is 4.21 Å². The standard InChI is InChI=1S/C20H26Br2N2O2S3/c1-3-5-7-8-10-13(9-6-4-2)12-29(25)20-24-23-19(26-20)15-11-14-16(27-15)18(22)28-17(14)21/h11,13H,3-10,12H2,1-2H3. The highest BCUT2D eigenvalue weighted by molar-refractivity contribution is 9.12. The Morgan fingerprint density at radius 3 is 2.52 bits per heavy atom. The minimum atomic E-state index is -1.25. The number of nitrogens with zero attached hydrogens (tertiary/aromatic N) is 2. The Labute approximate surface area is 199 Å². The van der Waals surface area contributed by atoms with Gasteiger partial charge in [-0.25, -0.2) is 4.21 Å². The van der Waals surface area contributed by atoms with Gasteiger partial charge in [0, 0.05) is 11.1 Å². The molecule has 29 heavy (non-hydrogen) atoms. The molecule has 0 saturated carbocycles. The van der Waals surface area contributed by atoms with Crippen LogP contribution in [0, 0.1) is 5.92 Å². The molecule has 0 aromatic carbocycles. The molecular formula is C20H26Br2N2O2S3. The van der Waals surface area contributed by atoms with E-state index < -0.39 is 10.8 Å². The number of halogens is 2. The molecule has 0 fully saturated rings. The smallest absolute Gasteiger partial charge is 0.307 e. The molecule has 0 saturated heterocycles. The van der Waals surface area contributed by atoms with Crippen molar-refractivity contribution in [2.45, 2.75) is 70.4 Å². The van der Waals surface area contributed by atoms with Crippen molar-refractivity contribution in [1.82, 2.24) is 10.2 Å². The van der Waals surface area contributed by atoms with Crippen LogP contribution in [0.2, 0.25) is 0 Å². The molecule has 0 spiro atoms. The lowest BCUT2D eigenvalue weighted by Crippen LogP contribution is -2.12. The topological polar surface area (TPSA) is 56.0 Å². The van der Waals surface area contributed by atoms with Crippen molar-refractivity contribution in [3.63, 3.8) is 0 Å². The van der Waals surface area contributed by atoms with Crippen molar-refractivity contribution in [3.05, 3.63) is 13.6 Å². The molecule has 0 bridgehead atoms. The molecule has 4 nitrogen and oxygen atoms in total. The number of thiophene rings is 2. The van der Waals surface area contributed by atoms with Crippen LogP contribution in [0.15, 0.2) is 23.3 Å². The molecule has 160 valence electrons. The van der Waals surface area contributed by atoms with Gasteiger partial charge in [0.25, 0.3) is 5.89 Å². The maximum atomic E-state index is 12.9. The maximum Gasteiger partial charge on any atom is 0.307 e. The molecular weight excluding hydrogens is 556 g/mol. The van der Waals surface area contributed by atoms with Gasteiger partial charge in [0.1, 0.15) is 10.8 Å². The van der Waals surface area contributed by atoms with Gasteiger partial charge in [-0.3, -0.25) is 0 Å². The fourth-order valence-electron chi connectivity index (χ4n) is 3.32. The number of fused-ring (bicyclic) bond motifs is 1. The predicted octanol–water partition coefficient (Wildman–Crippen LogP) is 8.42. The summed E-state index contributed by atoms with van der Waals surface area (Å²) in [6.45, 7) is 4.43. The summed E-state index contributed by atoms with van der Waals surface area (Å²) in [4.78, 5) is 0.905. The van der Waals surface area contributed by atoms with E-state index in [2.05, 4.69) is 55.9 Å². The van der Waals surface area contributed by atoms with Crippen LogP contribution in [0.1, 0.15) is 65.2 Å². The number of unbranched alkanes of at least 4 members (excludes halogenated alkanes) is 4. The van der Waals surface area contributed by atoms with Crippen molar-refractivity contribution in [2.24, 2.45) is 5.92 Å². The second-order valence-electron chi connectivity index (χ2n) is 7.25. The molecule has 9 heteroatoms. The largest absolute Gasteiger partial charge is 0.409 e. The van der Waals surface area contributed by atoms with E-state index in [1.807, 2.05) is 6.07 Å². The minimum Gasteiger partial charge on any atom is -0.409 e. The molecule has 2 atom stereocenters. The Morgan fingerprint density at radius 2 is 1.79 bits per heavy atom. The van der Waals surface area contributed by atoms with Gasteiger partial charge in [0.15, 0.2) is 0 Å². The van der Waals surface area contributed by atoms with Crippen LogP contribution in [-0.2, 0) is 10.8 Å². The quantitative estimate of drug-likeness (QED) is 0.201. The van der Waals surface area contributed by atoms with Crippen molar-refractivity contribution < 1.29 is 8.63 Å². The number of hydrogen-bond donors (Lipinski definition) is 0. The predicted molar refractivity (Wildman–Crippen MR) is 131 cm³/mol. The third kappa shape index (κ3) is 6.21. The lowest BCUT2D eigenvalue weighted by Gasteiger charge is -2.15. The summed E-state index contributed by atoms with van der Waals surface area (Å²) < 4.78 is 22.0. The molecule has 0 aliphatic heterocycles. The summed E-state index contributed by atoms with van der Waals surface area (Å²) in [5, 5.41) is 9.66. The molecule has 0 aliphatic carbocycles. The monoisotopic (exact) mass is 580 g/mol. The fraction of sp³-hybridized carbons (Fsp3) is 0.600.